The molecule has 3 aromatic carbocycles. The molecule has 0 aliphatic heterocycles. The standard InChI is InChI=1S/C29H32Cl3N3O5S/c1-5-25(29(37)33-6-2)34(17-22-23(31)8-7-9-24(22)32)28(36)18-35(26-16-20(30)12-15-27(26)40-4)41(38,39)21-13-10-19(3)11-14-21/h7-16,25H,5-6,17-18H2,1-4H3,(H,33,37)/t25-/m0/s1. The predicted octanol–water partition coefficient (Wildman–Crippen LogP) is 6.10. The zero-order valence-corrected chi connectivity index (χ0v) is 26.2. The fraction of sp³-hybridized carbons (Fsp3) is 0.310. The average Bonchev–Trinajstić information content (AvgIpc) is 2.93. The van der Waals surface area contributed by atoms with Crippen molar-refractivity contribution >= 4 is 62.3 Å². The van der Waals surface area contributed by atoms with Crippen LogP contribution in [0.1, 0.15) is 31.4 Å². The fourth-order valence-electron chi connectivity index (χ4n) is 4.27. The van der Waals surface area contributed by atoms with E-state index in [1.165, 1.54) is 36.3 Å². The summed E-state index contributed by atoms with van der Waals surface area (Å²) in [5.41, 5.74) is 1.36. The van der Waals surface area contributed by atoms with Crippen LogP contribution in [-0.2, 0) is 26.2 Å². The lowest BCUT2D eigenvalue weighted by molar-refractivity contribution is -0.140. The second kappa shape index (κ2) is 14.3. The second-order valence-electron chi connectivity index (χ2n) is 9.18. The van der Waals surface area contributed by atoms with E-state index in [0.717, 1.165) is 9.87 Å². The van der Waals surface area contributed by atoms with E-state index >= 15 is 0 Å². The van der Waals surface area contributed by atoms with Crippen LogP contribution in [0.25, 0.3) is 0 Å². The summed E-state index contributed by atoms with van der Waals surface area (Å²) < 4.78 is 34.5. The molecule has 12 heteroatoms. The summed E-state index contributed by atoms with van der Waals surface area (Å²) >= 11 is 19.1. The van der Waals surface area contributed by atoms with Crippen molar-refractivity contribution < 1.29 is 22.7 Å². The number of nitrogens with one attached hydrogen (secondary N) is 1. The predicted molar refractivity (Wildman–Crippen MR) is 163 cm³/mol. The number of methoxy groups -OCH3 is 1. The van der Waals surface area contributed by atoms with Crippen LogP contribution in [-0.4, -0.2) is 51.4 Å². The van der Waals surface area contributed by atoms with E-state index in [2.05, 4.69) is 5.32 Å². The molecular weight excluding hydrogens is 609 g/mol. The van der Waals surface area contributed by atoms with Crippen molar-refractivity contribution in [2.45, 2.75) is 44.7 Å². The van der Waals surface area contributed by atoms with E-state index in [1.807, 2.05) is 6.92 Å². The summed E-state index contributed by atoms with van der Waals surface area (Å²) in [6.45, 7) is 4.92. The van der Waals surface area contributed by atoms with E-state index < -0.39 is 28.5 Å². The fourth-order valence-corrected chi connectivity index (χ4v) is 6.37. The number of nitrogens with zero attached hydrogens (tertiary/aromatic N) is 2. The Hall–Kier alpha value is -2.98. The smallest absolute Gasteiger partial charge is 0.264 e. The van der Waals surface area contributed by atoms with Crippen LogP contribution in [0.2, 0.25) is 15.1 Å². The Labute approximate surface area is 256 Å². The van der Waals surface area contributed by atoms with Gasteiger partial charge in [-0.2, -0.15) is 0 Å². The van der Waals surface area contributed by atoms with Gasteiger partial charge in [0.1, 0.15) is 18.3 Å². The molecule has 0 aromatic heterocycles. The number of likely N-dealkylation sites (N-methyl/N-ethyl adjacent to an activating group) is 1. The van der Waals surface area contributed by atoms with Gasteiger partial charge in [-0.15, -0.1) is 0 Å². The Bertz CT molecular complexity index is 1480. The van der Waals surface area contributed by atoms with Crippen molar-refractivity contribution in [2.75, 3.05) is 24.5 Å². The zero-order valence-electron chi connectivity index (χ0n) is 23.2. The molecule has 0 aliphatic carbocycles. The summed E-state index contributed by atoms with van der Waals surface area (Å²) in [4.78, 5) is 28.5. The van der Waals surface area contributed by atoms with Gasteiger partial charge >= 0.3 is 0 Å². The van der Waals surface area contributed by atoms with Gasteiger partial charge in [0.05, 0.1) is 17.7 Å². The Balaban J connectivity index is 2.17. The van der Waals surface area contributed by atoms with Crippen LogP contribution in [0, 0.1) is 6.92 Å². The van der Waals surface area contributed by atoms with Gasteiger partial charge in [-0.3, -0.25) is 13.9 Å². The second-order valence-corrected chi connectivity index (χ2v) is 12.3. The number of ether oxygens (including phenoxy) is 1. The van der Waals surface area contributed by atoms with Gasteiger partial charge in [-0.05, 0) is 62.7 Å². The van der Waals surface area contributed by atoms with E-state index in [9.17, 15) is 18.0 Å². The molecule has 0 unspecified atom stereocenters. The van der Waals surface area contributed by atoms with Gasteiger partial charge in [-0.25, -0.2) is 8.42 Å². The Morgan fingerprint density at radius 1 is 0.976 bits per heavy atom. The number of hydrogen-bond acceptors (Lipinski definition) is 5. The minimum Gasteiger partial charge on any atom is -0.495 e. The average molecular weight is 641 g/mol. The molecule has 2 amide bonds. The Morgan fingerprint density at radius 3 is 2.17 bits per heavy atom. The van der Waals surface area contributed by atoms with Crippen LogP contribution in [0.15, 0.2) is 65.6 Å². The molecular formula is C29H32Cl3N3O5S. The topological polar surface area (TPSA) is 96.0 Å². The van der Waals surface area contributed by atoms with Gasteiger partial charge in [0.15, 0.2) is 0 Å². The summed E-state index contributed by atoms with van der Waals surface area (Å²) in [6, 6.07) is 14.7. The third kappa shape index (κ3) is 7.65. The Kier molecular flexibility index (Phi) is 11.3. The maximum atomic E-state index is 14.2. The largest absolute Gasteiger partial charge is 0.495 e. The highest BCUT2D eigenvalue weighted by atomic mass is 35.5. The molecule has 8 nitrogen and oxygen atoms in total. The number of aryl methyl sites for hydroxylation is 1. The molecule has 220 valence electrons. The molecule has 0 radical (unpaired) electrons. The number of amides is 2. The molecule has 3 rings (SSSR count). The first-order valence-electron chi connectivity index (χ1n) is 12.9. The number of hydrogen-bond donors (Lipinski definition) is 1. The van der Waals surface area contributed by atoms with E-state index in [-0.39, 0.29) is 40.2 Å². The normalized spacial score (nSPS) is 12.0. The minimum absolute atomic E-state index is 0.0330. The molecule has 0 heterocycles. The third-order valence-electron chi connectivity index (χ3n) is 6.42. The number of sulfonamides is 1. The molecule has 0 saturated heterocycles. The van der Waals surface area contributed by atoms with Crippen molar-refractivity contribution in [1.29, 1.82) is 0 Å². The summed E-state index contributed by atoms with van der Waals surface area (Å²) in [7, 11) is -2.92. The van der Waals surface area contributed by atoms with Crippen molar-refractivity contribution in [3.8, 4) is 5.75 Å². The molecule has 3 aromatic rings. The van der Waals surface area contributed by atoms with Gasteiger partial charge < -0.3 is 15.0 Å². The van der Waals surface area contributed by atoms with Crippen LogP contribution in [0.5, 0.6) is 5.75 Å². The molecule has 0 spiro atoms. The van der Waals surface area contributed by atoms with Gasteiger partial charge in [0.25, 0.3) is 10.0 Å². The lowest BCUT2D eigenvalue weighted by atomic mass is 10.1. The third-order valence-corrected chi connectivity index (χ3v) is 9.14. The number of carbonyl (C=O) groups excluding carboxylic acids is 2. The highest BCUT2D eigenvalue weighted by Gasteiger charge is 2.35. The zero-order chi connectivity index (χ0) is 30.3. The molecule has 0 saturated carbocycles. The number of benzene rings is 3. The van der Waals surface area contributed by atoms with Gasteiger partial charge in [-0.1, -0.05) is 65.5 Å². The maximum Gasteiger partial charge on any atom is 0.264 e. The van der Waals surface area contributed by atoms with E-state index in [4.69, 9.17) is 39.5 Å². The van der Waals surface area contributed by atoms with Crippen LogP contribution >= 0.6 is 34.8 Å². The van der Waals surface area contributed by atoms with E-state index in [1.54, 1.807) is 50.2 Å². The number of anilines is 1. The molecule has 41 heavy (non-hydrogen) atoms. The van der Waals surface area contributed by atoms with Crippen molar-refractivity contribution in [1.82, 2.24) is 10.2 Å². The van der Waals surface area contributed by atoms with Crippen LogP contribution < -0.4 is 14.4 Å². The SMILES string of the molecule is CCNC(=O)[C@H](CC)N(Cc1c(Cl)cccc1Cl)C(=O)CN(c1cc(Cl)ccc1OC)S(=O)(=O)c1ccc(C)cc1. The maximum absolute atomic E-state index is 14.2. The highest BCUT2D eigenvalue weighted by molar-refractivity contribution is 7.92. The number of carbonyl (C=O) groups is 2. The molecule has 1 N–H and O–H groups in total. The van der Waals surface area contributed by atoms with Crippen molar-refractivity contribution in [3.63, 3.8) is 0 Å². The van der Waals surface area contributed by atoms with E-state index in [0.29, 0.717) is 22.2 Å². The number of rotatable bonds is 12. The minimum atomic E-state index is -4.31. The first-order valence-corrected chi connectivity index (χ1v) is 15.4. The summed E-state index contributed by atoms with van der Waals surface area (Å²) in [5.74, 6) is -0.856. The Morgan fingerprint density at radius 2 is 1.61 bits per heavy atom. The molecule has 0 fully saturated rings. The first kappa shape index (κ1) is 32.5. The monoisotopic (exact) mass is 639 g/mol. The quantitative estimate of drug-likeness (QED) is 0.258. The molecule has 1 atom stereocenters. The summed E-state index contributed by atoms with van der Waals surface area (Å²) in [6.07, 6.45) is 0.255. The van der Waals surface area contributed by atoms with Gasteiger partial charge in [0, 0.05) is 33.7 Å². The van der Waals surface area contributed by atoms with Crippen molar-refractivity contribution in [3.05, 3.63) is 86.9 Å². The summed E-state index contributed by atoms with van der Waals surface area (Å²) in [5, 5.41) is 3.61. The highest BCUT2D eigenvalue weighted by Crippen LogP contribution is 2.35. The van der Waals surface area contributed by atoms with Crippen molar-refractivity contribution in [2.24, 2.45) is 0 Å². The molecule has 0 bridgehead atoms. The number of halogens is 3. The molecule has 0 aliphatic rings. The van der Waals surface area contributed by atoms with Gasteiger partial charge in [0.2, 0.25) is 11.8 Å². The van der Waals surface area contributed by atoms with Crippen LogP contribution in [0.3, 0.4) is 0 Å². The lowest BCUT2D eigenvalue weighted by Crippen LogP contribution is -2.52. The first-order chi connectivity index (χ1) is 19.4. The van der Waals surface area contributed by atoms with Crippen LogP contribution in [0.4, 0.5) is 5.69 Å². The lowest BCUT2D eigenvalue weighted by Gasteiger charge is -2.33.